The van der Waals surface area contributed by atoms with E-state index in [2.05, 4.69) is 39.2 Å². The fourth-order valence-corrected chi connectivity index (χ4v) is 5.46. The Morgan fingerprint density at radius 2 is 1.45 bits per heavy atom. The van der Waals surface area contributed by atoms with Crippen LogP contribution >= 0.6 is 34.8 Å². The molecule has 0 unspecified atom stereocenters. The number of halogens is 3. The van der Waals surface area contributed by atoms with E-state index in [0.717, 1.165) is 11.1 Å². The van der Waals surface area contributed by atoms with E-state index in [-0.39, 0.29) is 18.3 Å². The summed E-state index contributed by atoms with van der Waals surface area (Å²) in [6.45, 7) is 12.2. The van der Waals surface area contributed by atoms with Crippen LogP contribution in [-0.4, -0.2) is 61.2 Å². The van der Waals surface area contributed by atoms with Gasteiger partial charge in [0, 0.05) is 6.92 Å². The maximum Gasteiger partial charge on any atom is 0.303 e. The SMILES string of the molecule is CC(=O)O[C@H]1[C@H](OCc2ccccc2)[C@@H](NC(=O)C(Cl)(Cl)Cl)[C@H](O[Si](C)(C)C(C)(C)C)O[C@@H]1COCc1ccccc1. The van der Waals surface area contributed by atoms with E-state index in [0.29, 0.717) is 6.61 Å². The topological polar surface area (TPSA) is 92.3 Å². The Balaban J connectivity index is 2.01. The molecule has 0 bridgehead atoms. The maximum atomic E-state index is 13.0. The molecule has 3 rings (SSSR count). The zero-order chi connectivity index (χ0) is 31.1. The summed E-state index contributed by atoms with van der Waals surface area (Å²) in [5.74, 6) is -1.45. The predicted octanol–water partition coefficient (Wildman–Crippen LogP) is 6.32. The molecule has 1 heterocycles. The van der Waals surface area contributed by atoms with Gasteiger partial charge in [0.1, 0.15) is 18.2 Å². The molecule has 1 aliphatic rings. The number of rotatable bonds is 11. The van der Waals surface area contributed by atoms with Crippen molar-refractivity contribution in [2.75, 3.05) is 6.61 Å². The monoisotopic (exact) mass is 659 g/mol. The van der Waals surface area contributed by atoms with Crippen molar-refractivity contribution < 1.29 is 33.0 Å². The van der Waals surface area contributed by atoms with Gasteiger partial charge in [-0.3, -0.25) is 9.59 Å². The minimum atomic E-state index is -2.49. The summed E-state index contributed by atoms with van der Waals surface area (Å²) in [7, 11) is -2.49. The second-order valence-electron chi connectivity index (χ2n) is 11.8. The van der Waals surface area contributed by atoms with Gasteiger partial charge < -0.3 is 28.7 Å². The van der Waals surface area contributed by atoms with Gasteiger partial charge in [-0.15, -0.1) is 0 Å². The summed E-state index contributed by atoms with van der Waals surface area (Å²) in [5, 5.41) is 2.55. The van der Waals surface area contributed by atoms with Crippen LogP contribution in [0.4, 0.5) is 0 Å². The maximum absolute atomic E-state index is 13.0. The van der Waals surface area contributed by atoms with E-state index in [1.807, 2.05) is 60.7 Å². The van der Waals surface area contributed by atoms with Crippen LogP contribution in [0.25, 0.3) is 0 Å². The predicted molar refractivity (Wildman–Crippen MR) is 166 cm³/mol. The first-order valence-electron chi connectivity index (χ1n) is 13.7. The van der Waals surface area contributed by atoms with Crippen LogP contribution in [0.3, 0.4) is 0 Å². The lowest BCUT2D eigenvalue weighted by Gasteiger charge is -2.49. The molecule has 0 spiro atoms. The van der Waals surface area contributed by atoms with Gasteiger partial charge in [0.25, 0.3) is 9.70 Å². The van der Waals surface area contributed by atoms with Gasteiger partial charge in [-0.05, 0) is 29.3 Å². The first kappa shape index (κ1) is 34.8. The van der Waals surface area contributed by atoms with Gasteiger partial charge in [0.2, 0.25) is 0 Å². The first-order chi connectivity index (χ1) is 19.6. The van der Waals surface area contributed by atoms with Crippen LogP contribution in [-0.2, 0) is 46.2 Å². The molecule has 1 N–H and O–H groups in total. The largest absolute Gasteiger partial charge is 0.457 e. The number of hydrogen-bond acceptors (Lipinski definition) is 7. The second kappa shape index (κ2) is 14.9. The van der Waals surface area contributed by atoms with Gasteiger partial charge in [0.15, 0.2) is 20.7 Å². The van der Waals surface area contributed by atoms with E-state index in [4.69, 9.17) is 58.2 Å². The molecule has 1 aliphatic heterocycles. The van der Waals surface area contributed by atoms with Crippen molar-refractivity contribution >= 4 is 55.0 Å². The van der Waals surface area contributed by atoms with Gasteiger partial charge >= 0.3 is 5.97 Å². The van der Waals surface area contributed by atoms with Crippen molar-refractivity contribution in [3.63, 3.8) is 0 Å². The molecule has 0 aromatic heterocycles. The number of esters is 1. The lowest BCUT2D eigenvalue weighted by Crippen LogP contribution is -2.68. The summed E-state index contributed by atoms with van der Waals surface area (Å²) in [4.78, 5) is 25.4. The molecule has 0 saturated carbocycles. The van der Waals surface area contributed by atoms with Gasteiger partial charge in [-0.25, -0.2) is 0 Å². The van der Waals surface area contributed by atoms with E-state index in [9.17, 15) is 9.59 Å². The Morgan fingerprint density at radius 1 is 0.905 bits per heavy atom. The van der Waals surface area contributed by atoms with Crippen LogP contribution in [0, 0.1) is 0 Å². The molecule has 0 aliphatic carbocycles. The lowest BCUT2D eigenvalue weighted by molar-refractivity contribution is -0.266. The Kier molecular flexibility index (Phi) is 12.3. The molecular weight excluding hydrogens is 621 g/mol. The van der Waals surface area contributed by atoms with Crippen molar-refractivity contribution in [3.8, 4) is 0 Å². The minimum Gasteiger partial charge on any atom is -0.457 e. The number of carbonyl (C=O) groups is 2. The Labute approximate surface area is 264 Å². The van der Waals surface area contributed by atoms with Crippen LogP contribution < -0.4 is 5.32 Å². The molecule has 232 valence electrons. The average molecular weight is 661 g/mol. The van der Waals surface area contributed by atoms with Gasteiger partial charge in [-0.1, -0.05) is 116 Å². The van der Waals surface area contributed by atoms with E-state index in [1.54, 1.807) is 0 Å². The molecule has 1 fully saturated rings. The standard InChI is InChI=1S/C30H40Cl3NO7Si/c1-20(35)39-25-23(19-37-17-21-13-9-7-10-14-21)40-27(41-42(5,6)29(2,3)4)24(34-28(36)30(31,32)33)26(25)38-18-22-15-11-8-12-16-22/h7-16,23-27H,17-19H2,1-6H3,(H,34,36)/t23-,24-,25-,26-,27+/m1/s1. The number of ether oxygens (including phenoxy) is 4. The van der Waals surface area contributed by atoms with Crippen molar-refractivity contribution in [3.05, 3.63) is 71.8 Å². The average Bonchev–Trinajstić information content (AvgIpc) is 2.90. The highest BCUT2D eigenvalue weighted by atomic mass is 35.6. The van der Waals surface area contributed by atoms with E-state index < -0.39 is 54.6 Å². The Bertz CT molecular complexity index is 1160. The molecule has 8 nitrogen and oxygen atoms in total. The van der Waals surface area contributed by atoms with Gasteiger partial charge in [0.05, 0.1) is 19.8 Å². The third-order valence-electron chi connectivity index (χ3n) is 7.40. The molecule has 0 radical (unpaired) electrons. The number of nitrogens with one attached hydrogen (secondary N) is 1. The van der Waals surface area contributed by atoms with E-state index in [1.165, 1.54) is 6.92 Å². The Morgan fingerprint density at radius 3 is 1.95 bits per heavy atom. The molecule has 42 heavy (non-hydrogen) atoms. The van der Waals surface area contributed by atoms with Crippen LogP contribution in [0.5, 0.6) is 0 Å². The van der Waals surface area contributed by atoms with Crippen LogP contribution in [0.15, 0.2) is 60.7 Å². The summed E-state index contributed by atoms with van der Waals surface area (Å²) in [5.41, 5.74) is 1.84. The van der Waals surface area contributed by atoms with Gasteiger partial charge in [-0.2, -0.15) is 0 Å². The van der Waals surface area contributed by atoms with Crippen molar-refractivity contribution in [2.45, 2.75) is 93.5 Å². The summed E-state index contributed by atoms with van der Waals surface area (Å²) in [6, 6.07) is 18.1. The first-order valence-corrected chi connectivity index (χ1v) is 17.8. The van der Waals surface area contributed by atoms with Crippen molar-refractivity contribution in [2.24, 2.45) is 0 Å². The normalized spacial score (nSPS) is 23.3. The smallest absolute Gasteiger partial charge is 0.303 e. The highest BCUT2D eigenvalue weighted by Crippen LogP contribution is 2.40. The zero-order valence-corrected chi connectivity index (χ0v) is 28.0. The highest BCUT2D eigenvalue weighted by Gasteiger charge is 2.53. The fraction of sp³-hybridized carbons (Fsp3) is 0.533. The molecule has 5 atom stereocenters. The minimum absolute atomic E-state index is 0.0561. The number of amides is 1. The molecule has 12 heteroatoms. The zero-order valence-electron chi connectivity index (χ0n) is 24.8. The van der Waals surface area contributed by atoms with E-state index >= 15 is 0 Å². The fourth-order valence-electron chi connectivity index (χ4n) is 4.16. The van der Waals surface area contributed by atoms with Crippen LogP contribution in [0.1, 0.15) is 38.8 Å². The summed E-state index contributed by atoms with van der Waals surface area (Å²) >= 11 is 17.9. The quantitative estimate of drug-likeness (QED) is 0.171. The number of alkyl halides is 3. The number of hydrogen-bond donors (Lipinski definition) is 1. The summed E-state index contributed by atoms with van der Waals surface area (Å²) in [6.07, 6.45) is -3.75. The van der Waals surface area contributed by atoms with Crippen molar-refractivity contribution in [1.82, 2.24) is 5.32 Å². The third kappa shape index (κ3) is 9.92. The third-order valence-corrected chi connectivity index (χ3v) is 12.3. The lowest BCUT2D eigenvalue weighted by atomic mass is 9.96. The molecule has 1 saturated heterocycles. The van der Waals surface area contributed by atoms with Crippen LogP contribution in [0.2, 0.25) is 18.1 Å². The number of carbonyl (C=O) groups excluding carboxylic acids is 2. The molecule has 2 aromatic carbocycles. The molecule has 2 aromatic rings. The summed E-state index contributed by atoms with van der Waals surface area (Å²) < 4.78 is 29.1. The second-order valence-corrected chi connectivity index (χ2v) is 18.8. The van der Waals surface area contributed by atoms with Crippen molar-refractivity contribution in [1.29, 1.82) is 0 Å². The highest BCUT2D eigenvalue weighted by molar-refractivity contribution is 6.76. The molecular formula is C30H40Cl3NO7Si. The Hall–Kier alpha value is -1.69. The molecule has 1 amide bonds. The number of benzene rings is 2.